The largest absolute Gasteiger partial charge is 0.494 e. The Bertz CT molecular complexity index is 372. The Morgan fingerprint density at radius 1 is 1.33 bits per heavy atom. The maximum atomic E-state index is 10.9. The minimum Gasteiger partial charge on any atom is -0.494 e. The first kappa shape index (κ1) is 11.6. The lowest BCUT2D eigenvalue weighted by Crippen LogP contribution is -2.08. The highest BCUT2D eigenvalue weighted by molar-refractivity contribution is 5.89. The second-order valence-electron chi connectivity index (χ2n) is 3.48. The molecule has 0 spiro atoms. The van der Waals surface area contributed by atoms with E-state index in [-0.39, 0.29) is 5.91 Å². The number of benzene rings is 1. The van der Waals surface area contributed by atoms with Gasteiger partial charge in [-0.1, -0.05) is 0 Å². The molecular formula is C12H17NO2. The third-order valence-electron chi connectivity index (χ3n) is 2.35. The summed E-state index contributed by atoms with van der Waals surface area (Å²) in [5, 5.41) is 2.79. The van der Waals surface area contributed by atoms with Gasteiger partial charge in [0.2, 0.25) is 5.91 Å². The lowest BCUT2D eigenvalue weighted by atomic mass is 10.1. The predicted molar refractivity (Wildman–Crippen MR) is 61.4 cm³/mol. The summed E-state index contributed by atoms with van der Waals surface area (Å²) in [5.74, 6) is 0.825. The van der Waals surface area contributed by atoms with Gasteiger partial charge in [0.25, 0.3) is 0 Å². The molecule has 0 fully saturated rings. The smallest absolute Gasteiger partial charge is 0.221 e. The van der Waals surface area contributed by atoms with Crippen molar-refractivity contribution in [2.45, 2.75) is 27.7 Å². The third kappa shape index (κ3) is 2.72. The van der Waals surface area contributed by atoms with Crippen molar-refractivity contribution in [3.8, 4) is 5.75 Å². The van der Waals surface area contributed by atoms with Gasteiger partial charge in [0.1, 0.15) is 5.75 Å². The normalized spacial score (nSPS) is 9.87. The first-order valence-corrected chi connectivity index (χ1v) is 5.06. The molecule has 0 heterocycles. The van der Waals surface area contributed by atoms with E-state index in [4.69, 9.17) is 4.74 Å². The number of nitrogens with one attached hydrogen (secondary N) is 1. The van der Waals surface area contributed by atoms with Crippen LogP contribution in [0.3, 0.4) is 0 Å². The van der Waals surface area contributed by atoms with Gasteiger partial charge in [0.15, 0.2) is 0 Å². The summed E-state index contributed by atoms with van der Waals surface area (Å²) in [6.45, 7) is 8.08. The van der Waals surface area contributed by atoms with Gasteiger partial charge < -0.3 is 10.1 Å². The molecule has 0 atom stereocenters. The molecule has 0 unspecified atom stereocenters. The van der Waals surface area contributed by atoms with E-state index in [9.17, 15) is 4.79 Å². The third-order valence-corrected chi connectivity index (χ3v) is 2.35. The van der Waals surface area contributed by atoms with E-state index in [0.717, 1.165) is 22.6 Å². The Labute approximate surface area is 90.4 Å². The van der Waals surface area contributed by atoms with Crippen LogP contribution in [0.15, 0.2) is 12.1 Å². The number of carbonyl (C=O) groups is 1. The second-order valence-corrected chi connectivity index (χ2v) is 3.48. The Morgan fingerprint density at radius 2 is 2.00 bits per heavy atom. The molecule has 0 aromatic heterocycles. The predicted octanol–water partition coefficient (Wildman–Crippen LogP) is 2.66. The number of carbonyl (C=O) groups excluding carboxylic acids is 1. The van der Waals surface area contributed by atoms with Crippen LogP contribution in [0.1, 0.15) is 25.0 Å². The van der Waals surface area contributed by atoms with E-state index in [1.54, 1.807) is 0 Å². The van der Waals surface area contributed by atoms with E-state index in [0.29, 0.717) is 6.61 Å². The SMILES string of the molecule is CCOc1ccc(NC(C)=O)c(C)c1C. The van der Waals surface area contributed by atoms with Crippen LogP contribution in [0.5, 0.6) is 5.75 Å². The van der Waals surface area contributed by atoms with E-state index >= 15 is 0 Å². The number of hydrogen-bond donors (Lipinski definition) is 1. The molecular weight excluding hydrogens is 190 g/mol. The van der Waals surface area contributed by atoms with Crippen molar-refractivity contribution in [2.24, 2.45) is 0 Å². The molecule has 1 aromatic rings. The van der Waals surface area contributed by atoms with Gasteiger partial charge in [-0.05, 0) is 44.0 Å². The molecule has 1 amide bonds. The van der Waals surface area contributed by atoms with Gasteiger partial charge in [-0.25, -0.2) is 0 Å². The molecule has 0 saturated heterocycles. The zero-order valence-corrected chi connectivity index (χ0v) is 9.68. The van der Waals surface area contributed by atoms with E-state index in [1.165, 1.54) is 6.92 Å². The maximum Gasteiger partial charge on any atom is 0.221 e. The van der Waals surface area contributed by atoms with Crippen LogP contribution < -0.4 is 10.1 Å². The van der Waals surface area contributed by atoms with Crippen molar-refractivity contribution in [3.63, 3.8) is 0 Å². The van der Waals surface area contributed by atoms with E-state index < -0.39 is 0 Å². The zero-order valence-electron chi connectivity index (χ0n) is 9.68. The number of ether oxygens (including phenoxy) is 1. The molecule has 0 radical (unpaired) electrons. The molecule has 82 valence electrons. The molecule has 0 aliphatic rings. The lowest BCUT2D eigenvalue weighted by Gasteiger charge is -2.13. The van der Waals surface area contributed by atoms with Gasteiger partial charge in [0, 0.05) is 12.6 Å². The topological polar surface area (TPSA) is 38.3 Å². The monoisotopic (exact) mass is 207 g/mol. The molecule has 1 rings (SSSR count). The Morgan fingerprint density at radius 3 is 2.53 bits per heavy atom. The van der Waals surface area contributed by atoms with Gasteiger partial charge in [0.05, 0.1) is 6.61 Å². The zero-order chi connectivity index (χ0) is 11.4. The molecule has 15 heavy (non-hydrogen) atoms. The van der Waals surface area contributed by atoms with Crippen molar-refractivity contribution < 1.29 is 9.53 Å². The highest BCUT2D eigenvalue weighted by Gasteiger charge is 2.07. The molecule has 0 aliphatic carbocycles. The molecule has 0 aliphatic heterocycles. The van der Waals surface area contributed by atoms with Crippen molar-refractivity contribution >= 4 is 11.6 Å². The van der Waals surface area contributed by atoms with Gasteiger partial charge >= 0.3 is 0 Å². The van der Waals surface area contributed by atoms with Crippen LogP contribution in [0.2, 0.25) is 0 Å². The minimum atomic E-state index is -0.0540. The quantitative estimate of drug-likeness (QED) is 0.827. The van der Waals surface area contributed by atoms with Crippen molar-refractivity contribution in [1.82, 2.24) is 0 Å². The fourth-order valence-corrected chi connectivity index (χ4v) is 1.43. The van der Waals surface area contributed by atoms with Crippen LogP contribution in [0, 0.1) is 13.8 Å². The summed E-state index contributed by atoms with van der Waals surface area (Å²) in [5.41, 5.74) is 2.97. The van der Waals surface area contributed by atoms with Crippen LogP contribution in [-0.4, -0.2) is 12.5 Å². The molecule has 1 N–H and O–H groups in total. The fourth-order valence-electron chi connectivity index (χ4n) is 1.43. The summed E-state index contributed by atoms with van der Waals surface area (Å²) in [4.78, 5) is 10.9. The average molecular weight is 207 g/mol. The van der Waals surface area contributed by atoms with Crippen molar-refractivity contribution in [3.05, 3.63) is 23.3 Å². The maximum absolute atomic E-state index is 10.9. The molecule has 0 bridgehead atoms. The van der Waals surface area contributed by atoms with Crippen molar-refractivity contribution in [2.75, 3.05) is 11.9 Å². The standard InChI is InChI=1S/C12H17NO2/c1-5-15-12-7-6-11(13-10(4)14)8(2)9(12)3/h6-7H,5H2,1-4H3,(H,13,14). The Hall–Kier alpha value is -1.51. The van der Waals surface area contributed by atoms with E-state index in [2.05, 4.69) is 5.32 Å². The minimum absolute atomic E-state index is 0.0540. The number of rotatable bonds is 3. The van der Waals surface area contributed by atoms with E-state index in [1.807, 2.05) is 32.9 Å². The number of anilines is 1. The van der Waals surface area contributed by atoms with Gasteiger partial charge in [-0.3, -0.25) is 4.79 Å². The molecule has 3 heteroatoms. The van der Waals surface area contributed by atoms with Gasteiger partial charge in [-0.2, -0.15) is 0 Å². The van der Waals surface area contributed by atoms with Gasteiger partial charge in [-0.15, -0.1) is 0 Å². The molecule has 1 aromatic carbocycles. The Kier molecular flexibility index (Phi) is 3.72. The number of hydrogen-bond acceptors (Lipinski definition) is 2. The highest BCUT2D eigenvalue weighted by atomic mass is 16.5. The van der Waals surface area contributed by atoms with Crippen LogP contribution in [0.25, 0.3) is 0 Å². The average Bonchev–Trinajstić information content (AvgIpc) is 2.17. The summed E-state index contributed by atoms with van der Waals surface area (Å²) >= 11 is 0. The summed E-state index contributed by atoms with van der Waals surface area (Å²) in [7, 11) is 0. The first-order valence-electron chi connectivity index (χ1n) is 5.06. The summed E-state index contributed by atoms with van der Waals surface area (Å²) < 4.78 is 5.46. The molecule has 0 saturated carbocycles. The lowest BCUT2D eigenvalue weighted by molar-refractivity contribution is -0.114. The van der Waals surface area contributed by atoms with Crippen LogP contribution in [-0.2, 0) is 4.79 Å². The van der Waals surface area contributed by atoms with Crippen molar-refractivity contribution in [1.29, 1.82) is 0 Å². The second kappa shape index (κ2) is 4.82. The van der Waals surface area contributed by atoms with Crippen LogP contribution >= 0.6 is 0 Å². The fraction of sp³-hybridized carbons (Fsp3) is 0.417. The highest BCUT2D eigenvalue weighted by Crippen LogP contribution is 2.27. The number of amides is 1. The Balaban J connectivity index is 3.03. The first-order chi connectivity index (χ1) is 7.06. The molecule has 3 nitrogen and oxygen atoms in total. The summed E-state index contributed by atoms with van der Waals surface area (Å²) in [6.07, 6.45) is 0. The van der Waals surface area contributed by atoms with Crippen LogP contribution in [0.4, 0.5) is 5.69 Å². The summed E-state index contributed by atoms with van der Waals surface area (Å²) in [6, 6.07) is 3.76.